The molecule has 0 saturated heterocycles. The predicted molar refractivity (Wildman–Crippen MR) is 147 cm³/mol. The lowest BCUT2D eigenvalue weighted by atomic mass is 10.1. The van der Waals surface area contributed by atoms with Crippen LogP contribution in [0, 0.1) is 33.1 Å². The molecule has 1 amide bonds. The zero-order valence-electron chi connectivity index (χ0n) is 20.0. The Morgan fingerprint density at radius 2 is 1.74 bits per heavy atom. The maximum Gasteiger partial charge on any atom is 0.283 e. The van der Waals surface area contributed by atoms with Gasteiger partial charge in [0.15, 0.2) is 5.17 Å². The molecule has 8 heteroatoms. The van der Waals surface area contributed by atoms with Gasteiger partial charge in [-0.05, 0) is 62.1 Å². The van der Waals surface area contributed by atoms with Crippen molar-refractivity contribution >= 4 is 51.9 Å². The number of amidine groups is 3. The Hall–Kier alpha value is -3.36. The summed E-state index contributed by atoms with van der Waals surface area (Å²) in [6.45, 7) is 8.32. The molecule has 0 bridgehead atoms. The molecule has 3 aromatic rings. The Balaban J connectivity index is 1.47. The molecule has 6 nitrogen and oxygen atoms in total. The molecule has 0 saturated carbocycles. The van der Waals surface area contributed by atoms with Gasteiger partial charge in [0.2, 0.25) is 5.17 Å². The quantitative estimate of drug-likeness (QED) is 0.342. The van der Waals surface area contributed by atoms with Crippen molar-refractivity contribution in [3.63, 3.8) is 0 Å². The van der Waals surface area contributed by atoms with Gasteiger partial charge < -0.3 is 4.57 Å². The average Bonchev–Trinajstić information content (AvgIpc) is 3.36. The molecule has 2 aliphatic heterocycles. The van der Waals surface area contributed by atoms with Gasteiger partial charge in [-0.25, -0.2) is 4.90 Å². The number of aliphatic imine (C=N–C) groups is 1. The van der Waals surface area contributed by atoms with Crippen molar-refractivity contribution in [3.8, 4) is 5.69 Å². The van der Waals surface area contributed by atoms with E-state index in [2.05, 4.69) is 71.1 Å². The SMILES string of the molecule is Cc1cccc(C)c1-n1c(C)cc(/C=C2/C(=N)N3C(SCc4ccccc4)=NSC3=NC2=O)c1C. The molecule has 176 valence electrons. The second-order valence-corrected chi connectivity index (χ2v) is 10.3. The van der Waals surface area contributed by atoms with E-state index >= 15 is 0 Å². The number of nitrogens with zero attached hydrogens (tertiary/aromatic N) is 4. The fourth-order valence-electron chi connectivity index (χ4n) is 4.41. The van der Waals surface area contributed by atoms with E-state index in [1.165, 1.54) is 28.5 Å². The van der Waals surface area contributed by atoms with Gasteiger partial charge >= 0.3 is 0 Å². The number of benzene rings is 2. The average molecular weight is 500 g/mol. The number of aromatic nitrogens is 1. The molecule has 0 aliphatic carbocycles. The first-order chi connectivity index (χ1) is 16.8. The third kappa shape index (κ3) is 4.28. The third-order valence-corrected chi connectivity index (χ3v) is 7.96. The lowest BCUT2D eigenvalue weighted by Crippen LogP contribution is -2.41. The third-order valence-electron chi connectivity index (χ3n) is 6.14. The van der Waals surface area contributed by atoms with Crippen molar-refractivity contribution in [2.45, 2.75) is 33.4 Å². The van der Waals surface area contributed by atoms with Crippen molar-refractivity contribution in [2.24, 2.45) is 9.39 Å². The van der Waals surface area contributed by atoms with E-state index in [9.17, 15) is 4.79 Å². The number of amides is 1. The van der Waals surface area contributed by atoms with E-state index in [1.54, 1.807) is 11.0 Å². The maximum atomic E-state index is 12.9. The molecular formula is C27H25N5OS2. The molecule has 1 N–H and O–H groups in total. The monoisotopic (exact) mass is 499 g/mol. The van der Waals surface area contributed by atoms with E-state index in [4.69, 9.17) is 5.41 Å². The number of rotatable bonds is 4. The number of aryl methyl sites for hydroxylation is 3. The van der Waals surface area contributed by atoms with Gasteiger partial charge in [0.25, 0.3) is 5.91 Å². The summed E-state index contributed by atoms with van der Waals surface area (Å²) >= 11 is 2.68. The van der Waals surface area contributed by atoms with Gasteiger partial charge in [0, 0.05) is 17.1 Å². The van der Waals surface area contributed by atoms with Gasteiger partial charge in [-0.1, -0.05) is 60.3 Å². The summed E-state index contributed by atoms with van der Waals surface area (Å²) in [6, 6.07) is 18.5. The molecule has 0 spiro atoms. The highest BCUT2D eigenvalue weighted by Crippen LogP contribution is 2.34. The summed E-state index contributed by atoms with van der Waals surface area (Å²) in [5.74, 6) is 0.428. The first kappa shape index (κ1) is 23.4. The van der Waals surface area contributed by atoms with Crippen molar-refractivity contribution < 1.29 is 4.79 Å². The van der Waals surface area contributed by atoms with Crippen LogP contribution < -0.4 is 0 Å². The molecule has 1 aromatic heterocycles. The van der Waals surface area contributed by atoms with Gasteiger partial charge in [-0.2, -0.15) is 9.39 Å². The summed E-state index contributed by atoms with van der Waals surface area (Å²) in [7, 11) is 0. The normalized spacial score (nSPS) is 16.6. The largest absolute Gasteiger partial charge is 0.317 e. The number of hydrogen-bond acceptors (Lipinski definition) is 5. The summed E-state index contributed by atoms with van der Waals surface area (Å²) < 4.78 is 6.70. The van der Waals surface area contributed by atoms with Gasteiger partial charge in [-0.15, -0.1) is 0 Å². The van der Waals surface area contributed by atoms with Crippen molar-refractivity contribution in [1.82, 2.24) is 9.47 Å². The first-order valence-electron chi connectivity index (χ1n) is 11.3. The van der Waals surface area contributed by atoms with Crippen LogP contribution in [0.25, 0.3) is 11.8 Å². The van der Waals surface area contributed by atoms with Crippen LogP contribution >= 0.6 is 23.7 Å². The van der Waals surface area contributed by atoms with Gasteiger partial charge in [0.1, 0.15) is 5.84 Å². The minimum atomic E-state index is -0.407. The standard InChI is InChI=1S/C27H25N5OS2/c1-16-9-8-10-17(2)23(16)31-18(3)13-21(19(31)4)14-22-24(28)32-26(29-25(22)33)35-30-27(32)34-15-20-11-6-5-7-12-20/h5-14,28H,15H2,1-4H3/b22-14-,28-24?. The molecule has 0 unspecified atom stereocenters. The maximum absolute atomic E-state index is 12.9. The summed E-state index contributed by atoms with van der Waals surface area (Å²) in [6.07, 6.45) is 1.79. The van der Waals surface area contributed by atoms with Crippen LogP contribution in [0.5, 0.6) is 0 Å². The number of fused-ring (bicyclic) bond motifs is 1. The number of carbonyl (C=O) groups excluding carboxylic acids is 1. The minimum absolute atomic E-state index is 0.112. The van der Waals surface area contributed by atoms with Gasteiger partial charge in [0.05, 0.1) is 23.2 Å². The van der Waals surface area contributed by atoms with E-state index in [0.717, 1.165) is 40.3 Å². The highest BCUT2D eigenvalue weighted by Gasteiger charge is 2.37. The Morgan fingerprint density at radius 1 is 1.03 bits per heavy atom. The molecule has 0 atom stereocenters. The molecule has 35 heavy (non-hydrogen) atoms. The van der Waals surface area contributed by atoms with Crippen LogP contribution in [0.3, 0.4) is 0 Å². The molecule has 3 heterocycles. The van der Waals surface area contributed by atoms with Crippen LogP contribution in [0.15, 0.2) is 69.6 Å². The Labute approximate surface area is 213 Å². The number of hydrogen-bond donors (Lipinski definition) is 1. The number of thioether (sulfide) groups is 1. The highest BCUT2D eigenvalue weighted by molar-refractivity contribution is 8.18. The lowest BCUT2D eigenvalue weighted by Gasteiger charge is -2.24. The van der Waals surface area contributed by atoms with E-state index < -0.39 is 5.91 Å². The molecule has 2 aromatic carbocycles. The van der Waals surface area contributed by atoms with Crippen molar-refractivity contribution in [3.05, 3.63) is 93.8 Å². The molecule has 5 rings (SSSR count). The van der Waals surface area contributed by atoms with Crippen LogP contribution in [0.2, 0.25) is 0 Å². The Bertz CT molecular complexity index is 1430. The van der Waals surface area contributed by atoms with Crippen LogP contribution in [-0.4, -0.2) is 31.5 Å². The van der Waals surface area contributed by atoms with Gasteiger partial charge in [-0.3, -0.25) is 10.2 Å². The zero-order valence-corrected chi connectivity index (χ0v) is 21.6. The lowest BCUT2D eigenvalue weighted by molar-refractivity contribution is -0.114. The van der Waals surface area contributed by atoms with Crippen molar-refractivity contribution in [2.75, 3.05) is 0 Å². The number of nitrogens with one attached hydrogen (secondary N) is 1. The Kier molecular flexibility index (Phi) is 6.25. The smallest absolute Gasteiger partial charge is 0.283 e. The molecule has 0 fully saturated rings. The van der Waals surface area contributed by atoms with Crippen molar-refractivity contribution in [1.29, 1.82) is 5.41 Å². The zero-order chi connectivity index (χ0) is 24.7. The summed E-state index contributed by atoms with van der Waals surface area (Å²) in [4.78, 5) is 18.8. The number of para-hydroxylation sites is 1. The molecular weight excluding hydrogens is 474 g/mol. The van der Waals surface area contributed by atoms with E-state index in [0.29, 0.717) is 10.3 Å². The predicted octanol–water partition coefficient (Wildman–Crippen LogP) is 6.22. The second kappa shape index (κ2) is 9.36. The van der Waals surface area contributed by atoms with Crippen LogP contribution in [0.1, 0.15) is 33.6 Å². The number of carbonyl (C=O) groups is 1. The second-order valence-electron chi connectivity index (χ2n) is 8.58. The van der Waals surface area contributed by atoms with Crippen LogP contribution in [0.4, 0.5) is 0 Å². The highest BCUT2D eigenvalue weighted by atomic mass is 32.2. The first-order valence-corrected chi connectivity index (χ1v) is 13.0. The fraction of sp³-hybridized carbons (Fsp3) is 0.185. The summed E-state index contributed by atoms with van der Waals surface area (Å²) in [5, 5.41) is 9.98. The fourth-order valence-corrected chi connectivity index (χ4v) is 6.21. The molecule has 2 aliphatic rings. The minimum Gasteiger partial charge on any atom is -0.317 e. The molecule has 0 radical (unpaired) electrons. The Morgan fingerprint density at radius 3 is 2.46 bits per heavy atom. The van der Waals surface area contributed by atoms with E-state index in [1.807, 2.05) is 25.1 Å². The van der Waals surface area contributed by atoms with E-state index in [-0.39, 0.29) is 11.4 Å². The van der Waals surface area contributed by atoms with Crippen LogP contribution in [-0.2, 0) is 10.5 Å². The topological polar surface area (TPSA) is 73.8 Å². The summed E-state index contributed by atoms with van der Waals surface area (Å²) in [5.41, 5.74) is 7.96.